The van der Waals surface area contributed by atoms with Gasteiger partial charge in [0, 0.05) is 17.7 Å². The van der Waals surface area contributed by atoms with Crippen LogP contribution in [0.4, 0.5) is 5.82 Å². The molecule has 1 fully saturated rings. The highest BCUT2D eigenvalue weighted by Gasteiger charge is 2.29. The highest BCUT2D eigenvalue weighted by Crippen LogP contribution is 2.42. The second-order valence-corrected chi connectivity index (χ2v) is 8.49. The monoisotopic (exact) mass is 377 g/mol. The van der Waals surface area contributed by atoms with Crippen molar-refractivity contribution >= 4 is 40.2 Å². The Kier molecular flexibility index (Phi) is 4.41. The molecule has 1 aromatic rings. The second kappa shape index (κ2) is 5.53. The molecule has 0 aliphatic heterocycles. The second-order valence-electron chi connectivity index (χ2n) is 5.61. The highest BCUT2D eigenvalue weighted by atomic mass is 127. The van der Waals surface area contributed by atoms with Gasteiger partial charge in [0.25, 0.3) is 0 Å². The smallest absolute Gasteiger partial charge is 0.143 e. The van der Waals surface area contributed by atoms with Gasteiger partial charge in [-0.3, -0.25) is 0 Å². The van der Waals surface area contributed by atoms with Gasteiger partial charge < -0.3 is 5.32 Å². The first-order valence-corrected chi connectivity index (χ1v) is 8.35. The first kappa shape index (κ1) is 14.4. The summed E-state index contributed by atoms with van der Waals surface area (Å²) in [7, 11) is 1.93. The van der Waals surface area contributed by atoms with E-state index in [2.05, 4.69) is 53.7 Å². The van der Waals surface area contributed by atoms with Crippen LogP contribution in [-0.2, 0) is 5.75 Å². The fourth-order valence-corrected chi connectivity index (χ4v) is 3.29. The molecule has 1 heterocycles. The molecule has 18 heavy (non-hydrogen) atoms. The molecule has 2 rings (SSSR count). The Balaban J connectivity index is 2.22. The highest BCUT2D eigenvalue weighted by molar-refractivity contribution is 14.1. The van der Waals surface area contributed by atoms with Crippen molar-refractivity contribution < 1.29 is 0 Å². The molecule has 1 aromatic heterocycles. The van der Waals surface area contributed by atoms with Gasteiger partial charge in [0.1, 0.15) is 11.6 Å². The van der Waals surface area contributed by atoms with E-state index in [4.69, 9.17) is 4.98 Å². The maximum absolute atomic E-state index is 4.77. The van der Waals surface area contributed by atoms with Crippen molar-refractivity contribution in [3.63, 3.8) is 0 Å². The lowest BCUT2D eigenvalue weighted by atomic mass is 10.2. The summed E-state index contributed by atoms with van der Waals surface area (Å²) in [5, 5.41) is 3.19. The lowest BCUT2D eigenvalue weighted by Gasteiger charge is -2.17. The minimum Gasteiger partial charge on any atom is -0.372 e. The zero-order valence-corrected chi connectivity index (χ0v) is 14.4. The van der Waals surface area contributed by atoms with Crippen LogP contribution in [0, 0.1) is 3.57 Å². The molecule has 1 aliphatic carbocycles. The standard InChI is InChI=1S/C13H20IN3S/c1-13(2,3)18-7-9-16-11(8-5-6-8)10(14)12(15-4)17-9/h8H,5-7H2,1-4H3,(H,15,16,17). The van der Waals surface area contributed by atoms with Crippen molar-refractivity contribution in [2.45, 2.75) is 50.0 Å². The van der Waals surface area contributed by atoms with Crippen LogP contribution in [0.15, 0.2) is 0 Å². The average molecular weight is 377 g/mol. The summed E-state index contributed by atoms with van der Waals surface area (Å²) in [5.41, 5.74) is 1.25. The fraction of sp³-hybridized carbons (Fsp3) is 0.692. The molecule has 0 amide bonds. The van der Waals surface area contributed by atoms with E-state index >= 15 is 0 Å². The van der Waals surface area contributed by atoms with Gasteiger partial charge in [-0.2, -0.15) is 0 Å². The van der Waals surface area contributed by atoms with E-state index in [9.17, 15) is 0 Å². The molecule has 5 heteroatoms. The molecule has 1 N–H and O–H groups in total. The van der Waals surface area contributed by atoms with E-state index in [-0.39, 0.29) is 4.75 Å². The summed E-state index contributed by atoms with van der Waals surface area (Å²) in [5.74, 6) is 3.50. The Morgan fingerprint density at radius 1 is 1.33 bits per heavy atom. The van der Waals surface area contributed by atoms with Crippen LogP contribution in [0.25, 0.3) is 0 Å². The molecule has 0 bridgehead atoms. The molecule has 0 radical (unpaired) electrons. The quantitative estimate of drug-likeness (QED) is 0.804. The largest absolute Gasteiger partial charge is 0.372 e. The van der Waals surface area contributed by atoms with Gasteiger partial charge in [0.15, 0.2) is 0 Å². The molecule has 0 unspecified atom stereocenters. The molecule has 100 valence electrons. The summed E-state index contributed by atoms with van der Waals surface area (Å²) in [4.78, 5) is 9.38. The van der Waals surface area contributed by atoms with E-state index in [1.165, 1.54) is 22.1 Å². The maximum atomic E-state index is 4.77. The third kappa shape index (κ3) is 3.73. The molecule has 0 aromatic carbocycles. The van der Waals surface area contributed by atoms with Gasteiger partial charge >= 0.3 is 0 Å². The number of nitrogens with one attached hydrogen (secondary N) is 1. The number of nitrogens with zero attached hydrogens (tertiary/aromatic N) is 2. The number of halogens is 1. The molecular formula is C13H20IN3S. The third-order valence-electron chi connectivity index (χ3n) is 2.76. The van der Waals surface area contributed by atoms with Crippen molar-refractivity contribution in [3.05, 3.63) is 15.1 Å². The third-order valence-corrected chi connectivity index (χ3v) is 5.09. The van der Waals surface area contributed by atoms with E-state index in [1.807, 2.05) is 18.8 Å². The maximum Gasteiger partial charge on any atom is 0.143 e. The number of aromatic nitrogens is 2. The van der Waals surface area contributed by atoms with Gasteiger partial charge in [0.2, 0.25) is 0 Å². The first-order chi connectivity index (χ1) is 8.40. The van der Waals surface area contributed by atoms with Crippen molar-refractivity contribution in [2.24, 2.45) is 0 Å². The predicted octanol–water partition coefficient (Wildman–Crippen LogP) is 4.03. The molecule has 0 saturated heterocycles. The SMILES string of the molecule is CNc1nc(CSC(C)(C)C)nc(C2CC2)c1I. The number of anilines is 1. The van der Waals surface area contributed by atoms with Crippen LogP contribution in [0.2, 0.25) is 0 Å². The Morgan fingerprint density at radius 2 is 2.00 bits per heavy atom. The van der Waals surface area contributed by atoms with Gasteiger partial charge in [-0.15, -0.1) is 11.8 Å². The van der Waals surface area contributed by atoms with Gasteiger partial charge in [0.05, 0.1) is 15.0 Å². The van der Waals surface area contributed by atoms with E-state index < -0.39 is 0 Å². The van der Waals surface area contributed by atoms with Crippen LogP contribution >= 0.6 is 34.4 Å². The van der Waals surface area contributed by atoms with Crippen molar-refractivity contribution in [3.8, 4) is 0 Å². The summed E-state index contributed by atoms with van der Waals surface area (Å²) in [6, 6.07) is 0. The van der Waals surface area contributed by atoms with E-state index in [0.717, 1.165) is 17.4 Å². The summed E-state index contributed by atoms with van der Waals surface area (Å²) < 4.78 is 1.45. The minimum atomic E-state index is 0.256. The zero-order chi connectivity index (χ0) is 13.3. The van der Waals surface area contributed by atoms with Crippen molar-refractivity contribution in [1.82, 2.24) is 9.97 Å². The lowest BCUT2D eigenvalue weighted by Crippen LogP contribution is -2.11. The van der Waals surface area contributed by atoms with Gasteiger partial charge in [-0.05, 0) is 35.4 Å². The molecule has 0 spiro atoms. The summed E-state index contributed by atoms with van der Waals surface area (Å²) >= 11 is 4.26. The van der Waals surface area contributed by atoms with Crippen molar-refractivity contribution in [2.75, 3.05) is 12.4 Å². The lowest BCUT2D eigenvalue weighted by molar-refractivity contribution is 0.799. The minimum absolute atomic E-state index is 0.256. The number of hydrogen-bond acceptors (Lipinski definition) is 4. The van der Waals surface area contributed by atoms with Crippen LogP contribution in [0.3, 0.4) is 0 Å². The molecular weight excluding hydrogens is 357 g/mol. The number of hydrogen-bond donors (Lipinski definition) is 1. The van der Waals surface area contributed by atoms with Crippen LogP contribution in [0.5, 0.6) is 0 Å². The fourth-order valence-electron chi connectivity index (χ4n) is 1.65. The Morgan fingerprint density at radius 3 is 2.50 bits per heavy atom. The topological polar surface area (TPSA) is 37.8 Å². The average Bonchev–Trinajstić information content (AvgIpc) is 3.10. The van der Waals surface area contributed by atoms with Gasteiger partial charge in [-0.1, -0.05) is 20.8 Å². The molecule has 1 aliphatic rings. The molecule has 3 nitrogen and oxygen atoms in total. The Labute approximate surface area is 127 Å². The normalized spacial score (nSPS) is 15.8. The molecule has 1 saturated carbocycles. The number of rotatable bonds is 4. The molecule has 0 atom stereocenters. The summed E-state index contributed by atoms with van der Waals surface area (Å²) in [6.07, 6.45) is 2.56. The van der Waals surface area contributed by atoms with Crippen LogP contribution < -0.4 is 5.32 Å². The number of thioether (sulfide) groups is 1. The Bertz CT molecular complexity index is 439. The predicted molar refractivity (Wildman–Crippen MR) is 87.3 cm³/mol. The van der Waals surface area contributed by atoms with Crippen LogP contribution in [-0.4, -0.2) is 21.8 Å². The zero-order valence-electron chi connectivity index (χ0n) is 11.4. The summed E-state index contributed by atoms with van der Waals surface area (Å²) in [6.45, 7) is 6.68. The van der Waals surface area contributed by atoms with E-state index in [1.54, 1.807) is 0 Å². The van der Waals surface area contributed by atoms with Crippen LogP contribution in [0.1, 0.15) is 51.0 Å². The Hall–Kier alpha value is -0.0400. The van der Waals surface area contributed by atoms with Crippen molar-refractivity contribution in [1.29, 1.82) is 0 Å². The van der Waals surface area contributed by atoms with Gasteiger partial charge in [-0.25, -0.2) is 9.97 Å². The van der Waals surface area contributed by atoms with E-state index in [0.29, 0.717) is 5.92 Å². The first-order valence-electron chi connectivity index (χ1n) is 6.28.